The lowest BCUT2D eigenvalue weighted by molar-refractivity contribution is -0.151. The molecule has 1 aromatic carbocycles. The third-order valence-electron chi connectivity index (χ3n) is 6.33. The standard InChI is InChI=1S/C30H47NO8/c1-5-8-11-14-26(32)37-20-19-30(31,29(35)36-4)22-23-17-18-24(38-27(33)15-12-9-6-2)25(21-23)39-28(34)16-13-10-7-3/h17-18,21H,5-16,19-20,22,31H2,1-4H3/t30-/m1/s1. The van der Waals surface area contributed by atoms with Crippen LogP contribution >= 0.6 is 0 Å². The lowest BCUT2D eigenvalue weighted by atomic mass is 9.88. The number of methoxy groups -OCH3 is 1. The van der Waals surface area contributed by atoms with Gasteiger partial charge in [-0.15, -0.1) is 0 Å². The molecule has 220 valence electrons. The number of rotatable bonds is 20. The zero-order valence-corrected chi connectivity index (χ0v) is 24.2. The Labute approximate surface area is 233 Å². The van der Waals surface area contributed by atoms with E-state index in [1.165, 1.54) is 13.2 Å². The lowest BCUT2D eigenvalue weighted by Gasteiger charge is -2.27. The second kappa shape index (κ2) is 19.2. The van der Waals surface area contributed by atoms with Crippen LogP contribution in [0.4, 0.5) is 0 Å². The molecule has 1 aromatic rings. The van der Waals surface area contributed by atoms with E-state index in [-0.39, 0.29) is 49.8 Å². The van der Waals surface area contributed by atoms with E-state index < -0.39 is 23.4 Å². The molecule has 0 amide bonds. The van der Waals surface area contributed by atoms with Crippen molar-refractivity contribution in [3.05, 3.63) is 23.8 Å². The first-order valence-electron chi connectivity index (χ1n) is 14.3. The summed E-state index contributed by atoms with van der Waals surface area (Å²) in [7, 11) is 1.24. The van der Waals surface area contributed by atoms with Crippen LogP contribution in [0.2, 0.25) is 0 Å². The van der Waals surface area contributed by atoms with Gasteiger partial charge in [0.1, 0.15) is 5.54 Å². The molecule has 39 heavy (non-hydrogen) atoms. The van der Waals surface area contributed by atoms with Crippen LogP contribution in [0.5, 0.6) is 11.5 Å². The summed E-state index contributed by atoms with van der Waals surface area (Å²) in [6.07, 6.45) is 8.68. The van der Waals surface area contributed by atoms with E-state index in [1.807, 2.05) is 20.8 Å². The minimum Gasteiger partial charge on any atom is -0.468 e. The Morgan fingerprint density at radius 2 is 1.26 bits per heavy atom. The van der Waals surface area contributed by atoms with E-state index in [4.69, 9.17) is 24.7 Å². The molecule has 0 aliphatic heterocycles. The van der Waals surface area contributed by atoms with Gasteiger partial charge in [-0.25, -0.2) is 0 Å². The number of carbonyl (C=O) groups is 4. The second-order valence-corrected chi connectivity index (χ2v) is 9.90. The minimum absolute atomic E-state index is 0.0260. The summed E-state index contributed by atoms with van der Waals surface area (Å²) in [5, 5.41) is 0. The Morgan fingerprint density at radius 3 is 1.77 bits per heavy atom. The van der Waals surface area contributed by atoms with Gasteiger partial charge >= 0.3 is 23.9 Å². The molecule has 0 saturated heterocycles. The van der Waals surface area contributed by atoms with Gasteiger partial charge < -0.3 is 24.7 Å². The van der Waals surface area contributed by atoms with Crippen molar-refractivity contribution in [2.24, 2.45) is 5.73 Å². The number of esters is 4. The van der Waals surface area contributed by atoms with Gasteiger partial charge in [-0.3, -0.25) is 19.2 Å². The third-order valence-corrected chi connectivity index (χ3v) is 6.33. The van der Waals surface area contributed by atoms with Gasteiger partial charge in [-0.2, -0.15) is 0 Å². The Morgan fingerprint density at radius 1 is 0.744 bits per heavy atom. The molecule has 0 saturated carbocycles. The number of unbranched alkanes of at least 4 members (excludes halogenated alkanes) is 6. The molecule has 0 spiro atoms. The van der Waals surface area contributed by atoms with Crippen LogP contribution in [-0.4, -0.2) is 43.1 Å². The fourth-order valence-corrected chi connectivity index (χ4v) is 3.98. The van der Waals surface area contributed by atoms with E-state index in [0.717, 1.165) is 44.9 Å². The highest BCUT2D eigenvalue weighted by molar-refractivity contribution is 5.81. The van der Waals surface area contributed by atoms with Crippen molar-refractivity contribution in [3.8, 4) is 11.5 Å². The van der Waals surface area contributed by atoms with Gasteiger partial charge in [0.15, 0.2) is 11.5 Å². The van der Waals surface area contributed by atoms with Crippen molar-refractivity contribution in [1.82, 2.24) is 0 Å². The minimum atomic E-state index is -1.49. The summed E-state index contributed by atoms with van der Waals surface area (Å²) in [5.74, 6) is -1.63. The SMILES string of the molecule is CCCCCC(=O)OCC[C@@](N)(Cc1ccc(OC(=O)CCCCC)c(OC(=O)CCCCC)c1)C(=O)OC. The summed E-state index contributed by atoms with van der Waals surface area (Å²) in [4.78, 5) is 49.4. The average Bonchev–Trinajstić information content (AvgIpc) is 2.90. The zero-order valence-electron chi connectivity index (χ0n) is 24.2. The monoisotopic (exact) mass is 549 g/mol. The van der Waals surface area contributed by atoms with E-state index in [1.54, 1.807) is 12.1 Å². The fraction of sp³-hybridized carbons (Fsp3) is 0.667. The summed E-state index contributed by atoms with van der Waals surface area (Å²) in [5.41, 5.74) is 5.53. The number of hydrogen-bond donors (Lipinski definition) is 1. The van der Waals surface area contributed by atoms with Crippen LogP contribution in [-0.2, 0) is 35.1 Å². The number of benzene rings is 1. The largest absolute Gasteiger partial charge is 0.468 e. The van der Waals surface area contributed by atoms with E-state index in [9.17, 15) is 19.2 Å². The summed E-state index contributed by atoms with van der Waals surface area (Å²) >= 11 is 0. The van der Waals surface area contributed by atoms with E-state index in [0.29, 0.717) is 24.8 Å². The summed E-state index contributed by atoms with van der Waals surface area (Å²) in [6.45, 7) is 6.10. The first-order chi connectivity index (χ1) is 18.7. The average molecular weight is 550 g/mol. The highest BCUT2D eigenvalue weighted by Gasteiger charge is 2.36. The van der Waals surface area contributed by atoms with Crippen LogP contribution in [0.25, 0.3) is 0 Å². The molecule has 0 heterocycles. The molecule has 1 rings (SSSR count). The van der Waals surface area contributed by atoms with Gasteiger partial charge in [-0.05, 0) is 37.0 Å². The maximum absolute atomic E-state index is 12.6. The Kier molecular flexibility index (Phi) is 16.8. The van der Waals surface area contributed by atoms with Gasteiger partial charge in [0.2, 0.25) is 0 Å². The fourth-order valence-electron chi connectivity index (χ4n) is 3.98. The topological polar surface area (TPSA) is 131 Å². The van der Waals surface area contributed by atoms with Crippen LogP contribution in [0.1, 0.15) is 110 Å². The molecule has 0 unspecified atom stereocenters. The van der Waals surface area contributed by atoms with Gasteiger partial charge in [-0.1, -0.05) is 65.4 Å². The molecular weight excluding hydrogens is 502 g/mol. The number of hydrogen-bond acceptors (Lipinski definition) is 9. The Balaban J connectivity index is 3.05. The number of carbonyl (C=O) groups excluding carboxylic acids is 4. The van der Waals surface area contributed by atoms with Crippen molar-refractivity contribution in [3.63, 3.8) is 0 Å². The molecule has 0 aliphatic rings. The van der Waals surface area contributed by atoms with Gasteiger partial charge in [0.25, 0.3) is 0 Å². The Hall–Kier alpha value is -2.94. The van der Waals surface area contributed by atoms with Crippen molar-refractivity contribution in [2.45, 2.75) is 116 Å². The molecule has 0 radical (unpaired) electrons. The van der Waals surface area contributed by atoms with Crippen molar-refractivity contribution >= 4 is 23.9 Å². The molecule has 2 N–H and O–H groups in total. The predicted molar refractivity (Wildman–Crippen MR) is 148 cm³/mol. The van der Waals surface area contributed by atoms with Crippen molar-refractivity contribution in [2.75, 3.05) is 13.7 Å². The quantitative estimate of drug-likeness (QED) is 0.126. The van der Waals surface area contributed by atoms with E-state index in [2.05, 4.69) is 0 Å². The third kappa shape index (κ3) is 13.6. The first kappa shape index (κ1) is 34.1. The normalized spacial score (nSPS) is 12.3. The smallest absolute Gasteiger partial charge is 0.326 e. The summed E-state index contributed by atoms with van der Waals surface area (Å²) < 4.78 is 21.3. The summed E-state index contributed by atoms with van der Waals surface area (Å²) in [6, 6.07) is 4.74. The second-order valence-electron chi connectivity index (χ2n) is 9.90. The van der Waals surface area contributed by atoms with Crippen molar-refractivity contribution in [1.29, 1.82) is 0 Å². The molecule has 9 heteroatoms. The molecule has 9 nitrogen and oxygen atoms in total. The Bertz CT molecular complexity index is 916. The molecule has 1 atom stereocenters. The number of nitrogens with two attached hydrogens (primary N) is 1. The number of ether oxygens (including phenoxy) is 4. The van der Waals surface area contributed by atoms with Gasteiger partial charge in [0.05, 0.1) is 13.7 Å². The van der Waals surface area contributed by atoms with Gasteiger partial charge in [0, 0.05) is 32.1 Å². The lowest BCUT2D eigenvalue weighted by Crippen LogP contribution is -2.51. The van der Waals surface area contributed by atoms with Crippen LogP contribution < -0.4 is 15.2 Å². The predicted octanol–water partition coefficient (Wildman–Crippen LogP) is 5.58. The molecule has 0 aliphatic carbocycles. The van der Waals surface area contributed by atoms with Crippen molar-refractivity contribution < 1.29 is 38.1 Å². The highest BCUT2D eigenvalue weighted by Crippen LogP contribution is 2.31. The molecular formula is C30H47NO8. The van der Waals surface area contributed by atoms with E-state index >= 15 is 0 Å². The first-order valence-corrected chi connectivity index (χ1v) is 14.3. The van der Waals surface area contributed by atoms with Crippen LogP contribution in [0.3, 0.4) is 0 Å². The van der Waals surface area contributed by atoms with Crippen LogP contribution in [0.15, 0.2) is 18.2 Å². The molecule has 0 aromatic heterocycles. The maximum Gasteiger partial charge on any atom is 0.326 e. The highest BCUT2D eigenvalue weighted by atomic mass is 16.6. The molecule has 0 bridgehead atoms. The molecule has 0 fully saturated rings. The zero-order chi connectivity index (χ0) is 29.1. The maximum atomic E-state index is 12.6. The van der Waals surface area contributed by atoms with Crippen LogP contribution in [0, 0.1) is 0 Å².